The first kappa shape index (κ1) is 11.3. The fourth-order valence-corrected chi connectivity index (χ4v) is 2.12. The van der Waals surface area contributed by atoms with E-state index >= 15 is 0 Å². The number of halogens is 1. The summed E-state index contributed by atoms with van der Waals surface area (Å²) in [4.78, 5) is 0. The van der Waals surface area contributed by atoms with Gasteiger partial charge in [-0.2, -0.15) is 0 Å². The van der Waals surface area contributed by atoms with Gasteiger partial charge in [-0.15, -0.1) is 12.4 Å². The lowest BCUT2D eigenvalue weighted by atomic mass is 9.88. The molecule has 78 valence electrons. The molecule has 1 aliphatic carbocycles. The van der Waals surface area contributed by atoms with Crippen LogP contribution >= 0.6 is 12.4 Å². The standard InChI is InChI=1S/C11H15NO.ClH/c12-7-10-9-4-2-1-3-8(9)5-6-11(10)13;/h5-6,13H,1-4,7,12H2;1H. The molecular weight excluding hydrogens is 198 g/mol. The Morgan fingerprint density at radius 3 is 2.64 bits per heavy atom. The van der Waals surface area contributed by atoms with E-state index in [0.717, 1.165) is 18.4 Å². The van der Waals surface area contributed by atoms with Crippen LogP contribution in [0.1, 0.15) is 29.5 Å². The molecule has 0 saturated carbocycles. The molecule has 2 nitrogen and oxygen atoms in total. The minimum Gasteiger partial charge on any atom is -0.508 e. The Hall–Kier alpha value is -0.730. The summed E-state index contributed by atoms with van der Waals surface area (Å²) in [5.74, 6) is 0.364. The second kappa shape index (κ2) is 4.67. The highest BCUT2D eigenvalue weighted by atomic mass is 35.5. The molecule has 0 amide bonds. The normalized spacial score (nSPS) is 14.4. The quantitative estimate of drug-likeness (QED) is 0.751. The van der Waals surface area contributed by atoms with Gasteiger partial charge in [0.05, 0.1) is 0 Å². The van der Waals surface area contributed by atoms with Crippen molar-refractivity contribution >= 4 is 12.4 Å². The zero-order valence-electron chi connectivity index (χ0n) is 8.12. The molecule has 2 rings (SSSR count). The van der Waals surface area contributed by atoms with Gasteiger partial charge in [-0.25, -0.2) is 0 Å². The number of nitrogens with two attached hydrogens (primary N) is 1. The fraction of sp³-hybridized carbons (Fsp3) is 0.455. The van der Waals surface area contributed by atoms with Crippen LogP contribution in [0.25, 0.3) is 0 Å². The van der Waals surface area contributed by atoms with Crippen molar-refractivity contribution in [2.45, 2.75) is 32.2 Å². The summed E-state index contributed by atoms with van der Waals surface area (Å²) in [7, 11) is 0. The highest BCUT2D eigenvalue weighted by Crippen LogP contribution is 2.29. The molecule has 0 saturated heterocycles. The predicted octanol–water partition coefficient (Wildman–Crippen LogP) is 2.15. The molecule has 1 aliphatic rings. The van der Waals surface area contributed by atoms with Crippen molar-refractivity contribution in [2.24, 2.45) is 5.73 Å². The Balaban J connectivity index is 0.000000980. The lowest BCUT2D eigenvalue weighted by molar-refractivity contribution is 0.465. The van der Waals surface area contributed by atoms with Crippen molar-refractivity contribution in [3.05, 3.63) is 28.8 Å². The van der Waals surface area contributed by atoms with Crippen LogP contribution in [0.3, 0.4) is 0 Å². The van der Waals surface area contributed by atoms with Crippen LogP contribution in [-0.2, 0) is 19.4 Å². The van der Waals surface area contributed by atoms with E-state index in [9.17, 15) is 5.11 Å². The predicted molar refractivity (Wildman–Crippen MR) is 59.9 cm³/mol. The zero-order valence-corrected chi connectivity index (χ0v) is 8.94. The Labute approximate surface area is 90.5 Å². The maximum Gasteiger partial charge on any atom is 0.120 e. The van der Waals surface area contributed by atoms with Gasteiger partial charge in [-0.1, -0.05) is 6.07 Å². The zero-order chi connectivity index (χ0) is 9.26. The molecule has 1 aromatic carbocycles. The molecule has 0 aromatic heterocycles. The number of rotatable bonds is 1. The molecule has 0 heterocycles. The first-order valence-corrected chi connectivity index (χ1v) is 4.85. The second-order valence-corrected chi connectivity index (χ2v) is 3.61. The van der Waals surface area contributed by atoms with E-state index in [2.05, 4.69) is 0 Å². The van der Waals surface area contributed by atoms with Crippen molar-refractivity contribution in [2.75, 3.05) is 0 Å². The molecule has 0 radical (unpaired) electrons. The summed E-state index contributed by atoms with van der Waals surface area (Å²) in [6.45, 7) is 0.453. The molecule has 3 N–H and O–H groups in total. The number of benzene rings is 1. The number of aryl methyl sites for hydroxylation is 1. The smallest absolute Gasteiger partial charge is 0.120 e. The van der Waals surface area contributed by atoms with Crippen LogP contribution < -0.4 is 5.73 Å². The van der Waals surface area contributed by atoms with Crippen molar-refractivity contribution < 1.29 is 5.11 Å². The lowest BCUT2D eigenvalue weighted by Gasteiger charge is -2.19. The Morgan fingerprint density at radius 1 is 1.21 bits per heavy atom. The third-order valence-electron chi connectivity index (χ3n) is 2.83. The van der Waals surface area contributed by atoms with Crippen molar-refractivity contribution in [1.29, 1.82) is 0 Å². The third kappa shape index (κ3) is 1.86. The van der Waals surface area contributed by atoms with Crippen LogP contribution in [-0.4, -0.2) is 5.11 Å². The highest BCUT2D eigenvalue weighted by molar-refractivity contribution is 5.85. The van der Waals surface area contributed by atoms with E-state index in [1.807, 2.05) is 6.07 Å². The summed E-state index contributed by atoms with van der Waals surface area (Å²) < 4.78 is 0. The number of phenols is 1. The molecule has 0 bridgehead atoms. The van der Waals surface area contributed by atoms with Gasteiger partial charge in [-0.3, -0.25) is 0 Å². The summed E-state index contributed by atoms with van der Waals surface area (Å²) in [5.41, 5.74) is 9.25. The van der Waals surface area contributed by atoms with Gasteiger partial charge in [0, 0.05) is 12.1 Å². The van der Waals surface area contributed by atoms with E-state index in [1.54, 1.807) is 6.07 Å². The maximum absolute atomic E-state index is 9.59. The van der Waals surface area contributed by atoms with Crippen LogP contribution in [0.4, 0.5) is 0 Å². The average molecular weight is 214 g/mol. The Bertz CT molecular complexity index is 325. The fourth-order valence-electron chi connectivity index (χ4n) is 2.12. The summed E-state index contributed by atoms with van der Waals surface area (Å²) in [6.07, 6.45) is 4.71. The van der Waals surface area contributed by atoms with E-state index in [-0.39, 0.29) is 12.4 Å². The van der Waals surface area contributed by atoms with Crippen LogP contribution in [0.15, 0.2) is 12.1 Å². The van der Waals surface area contributed by atoms with Gasteiger partial charge < -0.3 is 10.8 Å². The monoisotopic (exact) mass is 213 g/mol. The number of hydrogen-bond acceptors (Lipinski definition) is 2. The molecule has 1 aromatic rings. The minimum absolute atomic E-state index is 0. The lowest BCUT2D eigenvalue weighted by Crippen LogP contribution is -2.09. The Morgan fingerprint density at radius 2 is 1.93 bits per heavy atom. The molecule has 14 heavy (non-hydrogen) atoms. The van der Waals surface area contributed by atoms with Gasteiger partial charge in [0.25, 0.3) is 0 Å². The molecular formula is C11H16ClNO. The number of hydrogen-bond donors (Lipinski definition) is 2. The summed E-state index contributed by atoms with van der Waals surface area (Å²) >= 11 is 0. The van der Waals surface area contributed by atoms with Crippen molar-refractivity contribution in [3.63, 3.8) is 0 Å². The number of fused-ring (bicyclic) bond motifs is 1. The first-order valence-electron chi connectivity index (χ1n) is 4.85. The SMILES string of the molecule is Cl.NCc1c(O)ccc2c1CCCC2. The van der Waals surface area contributed by atoms with Crippen molar-refractivity contribution in [1.82, 2.24) is 0 Å². The first-order chi connectivity index (χ1) is 6.33. The van der Waals surface area contributed by atoms with E-state index in [0.29, 0.717) is 12.3 Å². The minimum atomic E-state index is 0. The maximum atomic E-state index is 9.59. The van der Waals surface area contributed by atoms with Gasteiger partial charge in [0.2, 0.25) is 0 Å². The van der Waals surface area contributed by atoms with Crippen LogP contribution in [0.5, 0.6) is 5.75 Å². The molecule has 0 aliphatic heterocycles. The summed E-state index contributed by atoms with van der Waals surface area (Å²) in [6, 6.07) is 3.80. The Kier molecular flexibility index (Phi) is 3.78. The van der Waals surface area contributed by atoms with Gasteiger partial charge in [0.15, 0.2) is 0 Å². The summed E-state index contributed by atoms with van der Waals surface area (Å²) in [5, 5.41) is 9.59. The topological polar surface area (TPSA) is 46.2 Å². The van der Waals surface area contributed by atoms with E-state index in [1.165, 1.54) is 24.0 Å². The highest BCUT2D eigenvalue weighted by Gasteiger charge is 2.14. The number of phenolic OH excluding ortho intramolecular Hbond substituents is 1. The number of aromatic hydroxyl groups is 1. The molecule has 3 heteroatoms. The van der Waals surface area contributed by atoms with Crippen LogP contribution in [0.2, 0.25) is 0 Å². The van der Waals surface area contributed by atoms with Gasteiger partial charge in [-0.05, 0) is 42.9 Å². The van der Waals surface area contributed by atoms with Gasteiger partial charge >= 0.3 is 0 Å². The average Bonchev–Trinajstić information content (AvgIpc) is 2.18. The molecule has 0 unspecified atom stereocenters. The van der Waals surface area contributed by atoms with E-state index < -0.39 is 0 Å². The van der Waals surface area contributed by atoms with E-state index in [4.69, 9.17) is 5.73 Å². The van der Waals surface area contributed by atoms with Gasteiger partial charge in [0.1, 0.15) is 5.75 Å². The molecule has 0 atom stereocenters. The molecule has 0 fully saturated rings. The van der Waals surface area contributed by atoms with Crippen molar-refractivity contribution in [3.8, 4) is 5.75 Å². The van der Waals surface area contributed by atoms with Crippen LogP contribution in [0, 0.1) is 0 Å². The molecule has 0 spiro atoms. The largest absolute Gasteiger partial charge is 0.508 e. The third-order valence-corrected chi connectivity index (χ3v) is 2.83. The second-order valence-electron chi connectivity index (χ2n) is 3.61.